The summed E-state index contributed by atoms with van der Waals surface area (Å²) in [4.78, 5) is 26.6. The summed E-state index contributed by atoms with van der Waals surface area (Å²) in [5.41, 5.74) is 1.84. The van der Waals surface area contributed by atoms with Crippen molar-refractivity contribution in [2.75, 3.05) is 33.9 Å². The van der Waals surface area contributed by atoms with E-state index in [4.69, 9.17) is 9.47 Å². The average Bonchev–Trinajstić information content (AvgIpc) is 2.69. The first kappa shape index (κ1) is 19.7. The van der Waals surface area contributed by atoms with Crippen LogP contribution < -0.4 is 0 Å². The Morgan fingerprint density at radius 1 is 0.885 bits per heavy atom. The Bertz CT molecular complexity index is 648. The molecule has 0 fully saturated rings. The summed E-state index contributed by atoms with van der Waals surface area (Å²) in [6, 6.07) is 19.3. The van der Waals surface area contributed by atoms with Crippen molar-refractivity contribution in [1.82, 2.24) is 4.90 Å². The minimum atomic E-state index is -0.424. The molecule has 0 saturated carbocycles. The Hall–Kier alpha value is -2.66. The van der Waals surface area contributed by atoms with Gasteiger partial charge in [0.1, 0.15) is 0 Å². The van der Waals surface area contributed by atoms with Crippen LogP contribution in [0.4, 0.5) is 0 Å². The van der Waals surface area contributed by atoms with Gasteiger partial charge in [0.15, 0.2) is 0 Å². The van der Waals surface area contributed by atoms with Gasteiger partial charge in [-0.05, 0) is 11.1 Å². The summed E-state index contributed by atoms with van der Waals surface area (Å²) in [6.45, 7) is 1.12. The van der Waals surface area contributed by atoms with Gasteiger partial charge in [-0.2, -0.15) is 0 Å². The zero-order valence-corrected chi connectivity index (χ0v) is 15.3. The molecule has 0 aliphatic carbocycles. The van der Waals surface area contributed by atoms with E-state index in [1.807, 2.05) is 60.7 Å². The second-order valence-corrected chi connectivity index (χ2v) is 5.90. The van der Waals surface area contributed by atoms with Gasteiger partial charge in [-0.1, -0.05) is 60.7 Å². The van der Waals surface area contributed by atoms with Gasteiger partial charge in [0.25, 0.3) is 0 Å². The second kappa shape index (κ2) is 10.4. The van der Waals surface area contributed by atoms with Gasteiger partial charge in [-0.15, -0.1) is 0 Å². The van der Waals surface area contributed by atoms with Crippen molar-refractivity contribution in [3.05, 3.63) is 71.8 Å². The molecule has 0 saturated heterocycles. The van der Waals surface area contributed by atoms with E-state index in [0.717, 1.165) is 11.1 Å². The molecule has 5 nitrogen and oxygen atoms in total. The van der Waals surface area contributed by atoms with Gasteiger partial charge in [-0.3, -0.25) is 9.59 Å². The zero-order valence-electron chi connectivity index (χ0n) is 15.3. The third-order valence-electron chi connectivity index (χ3n) is 4.20. The highest BCUT2D eigenvalue weighted by atomic mass is 16.5. The predicted molar refractivity (Wildman–Crippen MR) is 99.8 cm³/mol. The molecule has 0 radical (unpaired) electrons. The van der Waals surface area contributed by atoms with E-state index in [1.165, 1.54) is 7.11 Å². The largest absolute Gasteiger partial charge is 0.469 e. The van der Waals surface area contributed by atoms with Crippen LogP contribution in [0.3, 0.4) is 0 Å². The highest BCUT2D eigenvalue weighted by Gasteiger charge is 2.27. The standard InChI is InChI=1S/C21H25NO4/c1-25-16-15-22(14-13-19(23)26-2)21(24)20(17-9-5-3-6-10-17)18-11-7-4-8-12-18/h3-12,20H,13-16H2,1-2H3. The smallest absolute Gasteiger partial charge is 0.307 e. The Morgan fingerprint density at radius 3 is 1.88 bits per heavy atom. The van der Waals surface area contributed by atoms with E-state index in [1.54, 1.807) is 12.0 Å². The van der Waals surface area contributed by atoms with E-state index in [-0.39, 0.29) is 18.3 Å². The number of rotatable bonds is 9. The van der Waals surface area contributed by atoms with Gasteiger partial charge in [-0.25, -0.2) is 0 Å². The zero-order chi connectivity index (χ0) is 18.8. The first-order chi connectivity index (χ1) is 12.7. The maximum atomic E-state index is 13.4. The molecule has 0 aromatic heterocycles. The molecule has 0 bridgehead atoms. The molecule has 2 rings (SSSR count). The molecule has 1 amide bonds. The molecule has 138 valence electrons. The second-order valence-electron chi connectivity index (χ2n) is 5.90. The Kier molecular flexibility index (Phi) is 7.83. The summed E-state index contributed by atoms with van der Waals surface area (Å²) in [5.74, 6) is -0.813. The average molecular weight is 355 g/mol. The fraction of sp³-hybridized carbons (Fsp3) is 0.333. The van der Waals surface area contributed by atoms with Crippen LogP contribution in [0.2, 0.25) is 0 Å². The number of amides is 1. The number of hydrogen-bond donors (Lipinski definition) is 0. The summed E-state index contributed by atoms with van der Waals surface area (Å²) in [5, 5.41) is 0. The normalized spacial score (nSPS) is 10.6. The lowest BCUT2D eigenvalue weighted by Crippen LogP contribution is -2.39. The summed E-state index contributed by atoms with van der Waals surface area (Å²) in [7, 11) is 2.94. The van der Waals surface area contributed by atoms with Gasteiger partial charge >= 0.3 is 5.97 Å². The third-order valence-corrected chi connectivity index (χ3v) is 4.20. The molecule has 0 atom stereocenters. The lowest BCUT2D eigenvalue weighted by molar-refractivity contribution is -0.142. The molecule has 0 aliphatic rings. The van der Waals surface area contributed by atoms with Crippen molar-refractivity contribution in [1.29, 1.82) is 0 Å². The van der Waals surface area contributed by atoms with Gasteiger partial charge in [0.05, 0.1) is 26.1 Å². The summed E-state index contributed by atoms with van der Waals surface area (Å²) < 4.78 is 9.84. The van der Waals surface area contributed by atoms with Crippen LogP contribution in [0.25, 0.3) is 0 Å². The number of methoxy groups -OCH3 is 2. The SMILES string of the molecule is COCCN(CCC(=O)OC)C(=O)C(c1ccccc1)c1ccccc1. The molecule has 0 unspecified atom stereocenters. The highest BCUT2D eigenvalue weighted by Crippen LogP contribution is 2.27. The molecule has 0 N–H and O–H groups in total. The number of esters is 1. The number of benzene rings is 2. The monoisotopic (exact) mass is 355 g/mol. The number of carbonyl (C=O) groups is 2. The number of hydrogen-bond acceptors (Lipinski definition) is 4. The van der Waals surface area contributed by atoms with Crippen molar-refractivity contribution in [3.8, 4) is 0 Å². The fourth-order valence-corrected chi connectivity index (χ4v) is 2.81. The molecule has 26 heavy (non-hydrogen) atoms. The van der Waals surface area contributed by atoms with Crippen molar-refractivity contribution >= 4 is 11.9 Å². The molecule has 2 aromatic rings. The molecule has 2 aromatic carbocycles. The molecular weight excluding hydrogens is 330 g/mol. The van der Waals surface area contributed by atoms with Crippen LogP contribution in [-0.2, 0) is 19.1 Å². The van der Waals surface area contributed by atoms with Crippen molar-refractivity contribution in [3.63, 3.8) is 0 Å². The Balaban J connectivity index is 2.30. The predicted octanol–water partition coefficient (Wildman–Crippen LogP) is 2.86. The first-order valence-corrected chi connectivity index (χ1v) is 8.61. The minimum absolute atomic E-state index is 0.0525. The number of nitrogens with zero attached hydrogens (tertiary/aromatic N) is 1. The van der Waals surface area contributed by atoms with Crippen LogP contribution in [0, 0.1) is 0 Å². The minimum Gasteiger partial charge on any atom is -0.469 e. The van der Waals surface area contributed by atoms with Crippen molar-refractivity contribution < 1.29 is 19.1 Å². The summed E-state index contributed by atoms with van der Waals surface area (Å²) in [6.07, 6.45) is 0.155. The molecule has 5 heteroatoms. The van der Waals surface area contributed by atoms with E-state index < -0.39 is 5.92 Å². The molecule has 0 spiro atoms. The number of ether oxygens (including phenoxy) is 2. The van der Waals surface area contributed by atoms with E-state index in [9.17, 15) is 9.59 Å². The van der Waals surface area contributed by atoms with Crippen LogP contribution >= 0.6 is 0 Å². The van der Waals surface area contributed by atoms with Gasteiger partial charge in [0, 0.05) is 20.2 Å². The topological polar surface area (TPSA) is 55.8 Å². The first-order valence-electron chi connectivity index (χ1n) is 8.61. The fourth-order valence-electron chi connectivity index (χ4n) is 2.81. The summed E-state index contributed by atoms with van der Waals surface area (Å²) >= 11 is 0. The maximum Gasteiger partial charge on any atom is 0.307 e. The van der Waals surface area contributed by atoms with Crippen molar-refractivity contribution in [2.45, 2.75) is 12.3 Å². The lowest BCUT2D eigenvalue weighted by atomic mass is 9.90. The highest BCUT2D eigenvalue weighted by molar-refractivity contribution is 5.87. The third kappa shape index (κ3) is 5.43. The number of carbonyl (C=O) groups excluding carboxylic acids is 2. The van der Waals surface area contributed by atoms with E-state index >= 15 is 0 Å². The molecular formula is C21H25NO4. The maximum absolute atomic E-state index is 13.4. The lowest BCUT2D eigenvalue weighted by Gasteiger charge is -2.27. The quantitative estimate of drug-likeness (QED) is 0.649. The Labute approximate surface area is 154 Å². The van der Waals surface area contributed by atoms with Crippen molar-refractivity contribution in [2.24, 2.45) is 0 Å². The van der Waals surface area contributed by atoms with E-state index in [0.29, 0.717) is 19.7 Å². The van der Waals surface area contributed by atoms with Gasteiger partial charge in [0.2, 0.25) is 5.91 Å². The van der Waals surface area contributed by atoms with Crippen LogP contribution in [0.1, 0.15) is 23.5 Å². The molecule has 0 heterocycles. The van der Waals surface area contributed by atoms with Crippen LogP contribution in [0.5, 0.6) is 0 Å². The Morgan fingerprint density at radius 2 is 1.42 bits per heavy atom. The molecule has 0 aliphatic heterocycles. The van der Waals surface area contributed by atoms with Crippen LogP contribution in [-0.4, -0.2) is 50.7 Å². The van der Waals surface area contributed by atoms with Crippen LogP contribution in [0.15, 0.2) is 60.7 Å². The van der Waals surface area contributed by atoms with Gasteiger partial charge < -0.3 is 14.4 Å². The van der Waals surface area contributed by atoms with E-state index in [2.05, 4.69) is 0 Å².